The number of H-pyrrole nitrogens is 1. The lowest BCUT2D eigenvalue weighted by Crippen LogP contribution is -2.37. The summed E-state index contributed by atoms with van der Waals surface area (Å²) < 4.78 is 0. The van der Waals surface area contributed by atoms with E-state index in [1.165, 1.54) is 12.1 Å². The van der Waals surface area contributed by atoms with E-state index in [-0.39, 0.29) is 28.3 Å². The normalized spacial score (nSPS) is 12.6. The first kappa shape index (κ1) is 17.5. The molecule has 1 aliphatic rings. The highest BCUT2D eigenvalue weighted by atomic mass is 35.5. The third-order valence-corrected chi connectivity index (χ3v) is 4.41. The number of fused-ring (bicyclic) bond motifs is 1. The molecule has 1 aliphatic heterocycles. The third-order valence-electron chi connectivity index (χ3n) is 4.16. The van der Waals surface area contributed by atoms with Crippen LogP contribution in [-0.2, 0) is 0 Å². The number of imide groups is 1. The predicted molar refractivity (Wildman–Crippen MR) is 101 cm³/mol. The van der Waals surface area contributed by atoms with Crippen LogP contribution in [0.3, 0.4) is 0 Å². The number of hydrazine groups is 1. The Labute approximate surface area is 163 Å². The zero-order chi connectivity index (χ0) is 19.8. The van der Waals surface area contributed by atoms with E-state index in [0.717, 1.165) is 5.01 Å². The maximum Gasteiger partial charge on any atom is 0.280 e. The lowest BCUT2D eigenvalue weighted by Gasteiger charge is -2.16. The SMILES string of the molecule is N#Cc1c(-c2ccc(Cl)cc2)nc(NN2C(=O)c3ccccc3C2=O)[nH]c1=O. The molecule has 2 amide bonds. The first-order chi connectivity index (χ1) is 13.5. The number of aromatic nitrogens is 2. The summed E-state index contributed by atoms with van der Waals surface area (Å²) in [5, 5.41) is 10.6. The summed E-state index contributed by atoms with van der Waals surface area (Å²) in [6.45, 7) is 0. The highest BCUT2D eigenvalue weighted by molar-refractivity contribution is 6.30. The average Bonchev–Trinajstić information content (AvgIpc) is 2.93. The summed E-state index contributed by atoms with van der Waals surface area (Å²) in [7, 11) is 0. The van der Waals surface area contributed by atoms with Gasteiger partial charge in [-0.25, -0.2) is 4.98 Å². The molecule has 0 aliphatic carbocycles. The molecule has 3 aromatic rings. The molecule has 2 N–H and O–H groups in total. The molecule has 0 spiro atoms. The Hall–Kier alpha value is -3.96. The molecule has 28 heavy (non-hydrogen) atoms. The molecule has 1 aromatic heterocycles. The van der Waals surface area contributed by atoms with Crippen molar-refractivity contribution >= 4 is 29.4 Å². The van der Waals surface area contributed by atoms with Crippen molar-refractivity contribution in [3.05, 3.63) is 80.6 Å². The summed E-state index contributed by atoms with van der Waals surface area (Å²) >= 11 is 5.88. The minimum Gasteiger partial charge on any atom is -0.290 e. The fourth-order valence-corrected chi connectivity index (χ4v) is 2.97. The van der Waals surface area contributed by atoms with Gasteiger partial charge in [-0.15, -0.1) is 0 Å². The van der Waals surface area contributed by atoms with E-state index in [2.05, 4.69) is 15.4 Å². The van der Waals surface area contributed by atoms with E-state index in [1.807, 2.05) is 6.07 Å². The van der Waals surface area contributed by atoms with Crippen LogP contribution in [0.25, 0.3) is 11.3 Å². The smallest absolute Gasteiger partial charge is 0.280 e. The number of nitrogens with zero attached hydrogens (tertiary/aromatic N) is 3. The van der Waals surface area contributed by atoms with E-state index in [4.69, 9.17) is 11.6 Å². The molecule has 4 rings (SSSR count). The molecule has 0 radical (unpaired) electrons. The molecule has 2 heterocycles. The summed E-state index contributed by atoms with van der Waals surface area (Å²) in [6, 6.07) is 14.6. The molecule has 2 aromatic carbocycles. The Kier molecular flexibility index (Phi) is 4.14. The average molecular weight is 392 g/mol. The van der Waals surface area contributed by atoms with Gasteiger partial charge in [-0.3, -0.25) is 24.8 Å². The Morgan fingerprint density at radius 1 is 1.00 bits per heavy atom. The number of aromatic amines is 1. The Bertz CT molecular complexity index is 1190. The number of nitrogens with one attached hydrogen (secondary N) is 2. The number of carbonyl (C=O) groups excluding carboxylic acids is 2. The first-order valence-electron chi connectivity index (χ1n) is 8.04. The molecular weight excluding hydrogens is 382 g/mol. The fraction of sp³-hybridized carbons (Fsp3) is 0. The third kappa shape index (κ3) is 2.80. The zero-order valence-electron chi connectivity index (χ0n) is 14.1. The monoisotopic (exact) mass is 391 g/mol. The van der Waals surface area contributed by atoms with E-state index >= 15 is 0 Å². The molecule has 0 bridgehead atoms. The molecule has 0 saturated carbocycles. The first-order valence-corrected chi connectivity index (χ1v) is 8.42. The number of hydrogen-bond acceptors (Lipinski definition) is 6. The quantitative estimate of drug-likeness (QED) is 0.662. The minimum absolute atomic E-state index is 0.0991. The minimum atomic E-state index is -0.707. The van der Waals surface area contributed by atoms with Gasteiger partial charge in [-0.05, 0) is 24.3 Å². The van der Waals surface area contributed by atoms with Crippen molar-refractivity contribution in [3.8, 4) is 17.3 Å². The van der Waals surface area contributed by atoms with E-state index in [9.17, 15) is 19.6 Å². The van der Waals surface area contributed by atoms with Crippen LogP contribution in [0.15, 0.2) is 53.3 Å². The molecule has 9 heteroatoms. The van der Waals surface area contributed by atoms with E-state index in [0.29, 0.717) is 10.6 Å². The molecular formula is C19H10ClN5O3. The van der Waals surface area contributed by atoms with Gasteiger partial charge in [0.15, 0.2) is 0 Å². The van der Waals surface area contributed by atoms with Gasteiger partial charge in [0.25, 0.3) is 17.4 Å². The highest BCUT2D eigenvalue weighted by Crippen LogP contribution is 2.25. The van der Waals surface area contributed by atoms with Crippen LogP contribution < -0.4 is 11.0 Å². The summed E-state index contributed by atoms with van der Waals surface area (Å²) in [4.78, 5) is 43.8. The van der Waals surface area contributed by atoms with Crippen LogP contribution in [0.1, 0.15) is 26.3 Å². The van der Waals surface area contributed by atoms with Crippen molar-refractivity contribution in [2.75, 3.05) is 5.43 Å². The molecule has 136 valence electrons. The van der Waals surface area contributed by atoms with Crippen molar-refractivity contribution in [1.82, 2.24) is 15.0 Å². The van der Waals surface area contributed by atoms with Gasteiger partial charge in [-0.1, -0.05) is 35.9 Å². The summed E-state index contributed by atoms with van der Waals surface area (Å²) in [5.41, 5.74) is 2.70. The van der Waals surface area contributed by atoms with Crippen LogP contribution in [0, 0.1) is 11.3 Å². The summed E-state index contributed by atoms with van der Waals surface area (Å²) in [6.07, 6.45) is 0. The Morgan fingerprint density at radius 2 is 1.61 bits per heavy atom. The maximum absolute atomic E-state index is 12.5. The molecule has 0 unspecified atom stereocenters. The van der Waals surface area contributed by atoms with Crippen LogP contribution in [0.4, 0.5) is 5.95 Å². The zero-order valence-corrected chi connectivity index (χ0v) is 14.8. The fourth-order valence-electron chi connectivity index (χ4n) is 2.84. The largest absolute Gasteiger partial charge is 0.290 e. The molecule has 0 fully saturated rings. The number of carbonyl (C=O) groups is 2. The number of rotatable bonds is 3. The van der Waals surface area contributed by atoms with Crippen molar-refractivity contribution < 1.29 is 9.59 Å². The number of benzene rings is 2. The van der Waals surface area contributed by atoms with E-state index in [1.54, 1.807) is 36.4 Å². The highest BCUT2D eigenvalue weighted by Gasteiger charge is 2.36. The maximum atomic E-state index is 12.5. The number of amides is 2. The van der Waals surface area contributed by atoms with Gasteiger partial charge in [0.1, 0.15) is 11.6 Å². The second-order valence-corrected chi connectivity index (χ2v) is 6.30. The number of anilines is 1. The molecule has 8 nitrogen and oxygen atoms in total. The van der Waals surface area contributed by atoms with Crippen molar-refractivity contribution in [1.29, 1.82) is 5.26 Å². The number of hydrogen-bond donors (Lipinski definition) is 2. The molecule has 0 atom stereocenters. The standard InChI is InChI=1S/C19H10ClN5O3/c20-11-7-5-10(6-8-11)15-14(9-21)16(26)23-19(22-15)24-25-17(27)12-3-1-2-4-13(12)18(25)28/h1-8H,(H2,22,23,24,26). The van der Waals surface area contributed by atoms with Crippen LogP contribution in [0.5, 0.6) is 0 Å². The van der Waals surface area contributed by atoms with Crippen molar-refractivity contribution in [2.24, 2.45) is 0 Å². The van der Waals surface area contributed by atoms with Crippen LogP contribution in [-0.4, -0.2) is 26.8 Å². The van der Waals surface area contributed by atoms with Gasteiger partial charge in [0, 0.05) is 10.6 Å². The van der Waals surface area contributed by atoms with Gasteiger partial charge in [0.2, 0.25) is 5.95 Å². The van der Waals surface area contributed by atoms with E-state index < -0.39 is 17.4 Å². The van der Waals surface area contributed by atoms with Crippen LogP contribution >= 0.6 is 11.6 Å². The summed E-state index contributed by atoms with van der Waals surface area (Å²) in [5.74, 6) is -1.29. The Morgan fingerprint density at radius 3 is 2.18 bits per heavy atom. The molecule has 0 saturated heterocycles. The van der Waals surface area contributed by atoms with Crippen LogP contribution in [0.2, 0.25) is 5.02 Å². The van der Waals surface area contributed by atoms with Crippen molar-refractivity contribution in [2.45, 2.75) is 0 Å². The predicted octanol–water partition coefficient (Wildman–Crippen LogP) is 2.59. The second-order valence-electron chi connectivity index (χ2n) is 5.86. The van der Waals surface area contributed by atoms with Gasteiger partial charge in [-0.2, -0.15) is 10.3 Å². The topological polar surface area (TPSA) is 119 Å². The van der Waals surface area contributed by atoms with Gasteiger partial charge >= 0.3 is 0 Å². The van der Waals surface area contributed by atoms with Crippen molar-refractivity contribution in [3.63, 3.8) is 0 Å². The lowest BCUT2D eigenvalue weighted by molar-refractivity contribution is 0.0690. The van der Waals surface area contributed by atoms with Gasteiger partial charge in [0.05, 0.1) is 16.8 Å². The van der Waals surface area contributed by atoms with Gasteiger partial charge < -0.3 is 0 Å². The Balaban J connectivity index is 1.75. The second kappa shape index (κ2) is 6.64. The number of nitriles is 1. The number of halogens is 1. The lowest BCUT2D eigenvalue weighted by atomic mass is 10.1.